The van der Waals surface area contributed by atoms with Crippen molar-refractivity contribution in [2.24, 2.45) is 0 Å². The SMILES string of the molecule is OC[C@@H]1CN(Cc2ccc(F)cc2)C[C@H](n2cnc3c(NC4CC4)ncnc32)O1. The number of halogens is 1. The molecule has 1 aliphatic heterocycles. The van der Waals surface area contributed by atoms with Crippen molar-refractivity contribution in [3.8, 4) is 0 Å². The van der Waals surface area contributed by atoms with Crippen molar-refractivity contribution in [2.45, 2.75) is 37.8 Å². The van der Waals surface area contributed by atoms with Gasteiger partial charge in [0.2, 0.25) is 0 Å². The van der Waals surface area contributed by atoms with Gasteiger partial charge in [-0.2, -0.15) is 0 Å². The molecule has 5 rings (SSSR count). The van der Waals surface area contributed by atoms with E-state index in [9.17, 15) is 9.50 Å². The monoisotopic (exact) mass is 398 g/mol. The number of imidazole rings is 1. The number of hydrogen-bond donors (Lipinski definition) is 2. The van der Waals surface area contributed by atoms with Crippen molar-refractivity contribution in [3.05, 3.63) is 48.3 Å². The Hall–Kier alpha value is -2.62. The smallest absolute Gasteiger partial charge is 0.167 e. The van der Waals surface area contributed by atoms with Gasteiger partial charge in [0, 0.05) is 25.7 Å². The number of aromatic nitrogens is 4. The molecule has 2 atom stereocenters. The number of hydrogen-bond acceptors (Lipinski definition) is 7. The number of fused-ring (bicyclic) bond motifs is 1. The Morgan fingerprint density at radius 2 is 1.97 bits per heavy atom. The third-order valence-electron chi connectivity index (χ3n) is 5.34. The molecule has 2 aliphatic rings. The van der Waals surface area contributed by atoms with Crippen molar-refractivity contribution in [1.82, 2.24) is 24.4 Å². The number of aliphatic hydroxyl groups excluding tert-OH is 1. The van der Waals surface area contributed by atoms with Crippen LogP contribution in [0.4, 0.5) is 10.2 Å². The molecule has 1 saturated carbocycles. The predicted molar refractivity (Wildman–Crippen MR) is 105 cm³/mol. The summed E-state index contributed by atoms with van der Waals surface area (Å²) in [6.07, 6.45) is 4.89. The third kappa shape index (κ3) is 3.93. The van der Waals surface area contributed by atoms with Gasteiger partial charge in [0.15, 0.2) is 17.0 Å². The summed E-state index contributed by atoms with van der Waals surface area (Å²) in [5.74, 6) is 0.496. The molecule has 1 aromatic carbocycles. The Labute approximate surface area is 167 Å². The molecule has 1 aliphatic carbocycles. The number of morpholine rings is 1. The van der Waals surface area contributed by atoms with E-state index in [2.05, 4.69) is 25.2 Å². The van der Waals surface area contributed by atoms with Gasteiger partial charge in [-0.05, 0) is 30.5 Å². The normalized spacial score (nSPS) is 22.8. The summed E-state index contributed by atoms with van der Waals surface area (Å²) < 4.78 is 21.2. The standard InChI is InChI=1S/C20H23FN6O2/c21-14-3-1-13(2-4-14)7-26-8-16(10-28)29-17(9-26)27-12-24-18-19(25-15-5-6-15)22-11-23-20(18)27/h1-4,11-12,15-17,28H,5-10H2,(H,22,23,25)/t16-,17+/m0/s1. The van der Waals surface area contributed by atoms with Gasteiger partial charge in [0.1, 0.15) is 18.4 Å². The fourth-order valence-corrected chi connectivity index (χ4v) is 3.71. The highest BCUT2D eigenvalue weighted by Gasteiger charge is 2.30. The van der Waals surface area contributed by atoms with Gasteiger partial charge < -0.3 is 15.2 Å². The van der Waals surface area contributed by atoms with Gasteiger partial charge in [0.25, 0.3) is 0 Å². The maximum atomic E-state index is 13.2. The summed E-state index contributed by atoms with van der Waals surface area (Å²) >= 11 is 0. The Kier molecular flexibility index (Phi) is 4.86. The molecular weight excluding hydrogens is 375 g/mol. The second kappa shape index (κ2) is 7.66. The van der Waals surface area contributed by atoms with Gasteiger partial charge in [-0.1, -0.05) is 12.1 Å². The fraction of sp³-hybridized carbons (Fsp3) is 0.450. The lowest BCUT2D eigenvalue weighted by atomic mass is 10.1. The van der Waals surface area contributed by atoms with E-state index in [0.29, 0.717) is 31.3 Å². The molecule has 0 unspecified atom stereocenters. The molecule has 29 heavy (non-hydrogen) atoms. The molecule has 9 heteroatoms. The second-order valence-electron chi connectivity index (χ2n) is 7.68. The van der Waals surface area contributed by atoms with E-state index < -0.39 is 0 Å². The lowest BCUT2D eigenvalue weighted by Gasteiger charge is -2.37. The maximum Gasteiger partial charge on any atom is 0.167 e. The predicted octanol–water partition coefficient (Wildman–Crippen LogP) is 1.93. The average Bonchev–Trinajstić information content (AvgIpc) is 3.44. The molecule has 2 aromatic heterocycles. The van der Waals surface area contributed by atoms with E-state index in [4.69, 9.17) is 4.74 Å². The second-order valence-corrected chi connectivity index (χ2v) is 7.68. The van der Waals surface area contributed by atoms with Gasteiger partial charge in [-0.25, -0.2) is 19.3 Å². The van der Waals surface area contributed by atoms with Crippen molar-refractivity contribution in [3.63, 3.8) is 0 Å². The quantitative estimate of drug-likeness (QED) is 0.656. The summed E-state index contributed by atoms with van der Waals surface area (Å²) in [4.78, 5) is 15.5. The fourth-order valence-electron chi connectivity index (χ4n) is 3.71. The van der Waals surface area contributed by atoms with Gasteiger partial charge >= 0.3 is 0 Å². The number of nitrogens with zero attached hydrogens (tertiary/aromatic N) is 5. The molecular formula is C20H23FN6O2. The zero-order valence-electron chi connectivity index (χ0n) is 15.9. The maximum absolute atomic E-state index is 13.2. The molecule has 0 bridgehead atoms. The summed E-state index contributed by atoms with van der Waals surface area (Å²) in [6, 6.07) is 6.96. The first-order valence-electron chi connectivity index (χ1n) is 9.87. The van der Waals surface area contributed by atoms with Crippen LogP contribution in [0, 0.1) is 5.82 Å². The molecule has 152 valence electrons. The molecule has 0 radical (unpaired) electrons. The summed E-state index contributed by atoms with van der Waals surface area (Å²) in [5.41, 5.74) is 2.44. The van der Waals surface area contributed by atoms with Crippen molar-refractivity contribution in [1.29, 1.82) is 0 Å². The first kappa shape index (κ1) is 18.4. The minimum atomic E-state index is -0.338. The van der Waals surface area contributed by atoms with E-state index in [1.165, 1.54) is 18.5 Å². The van der Waals surface area contributed by atoms with Crippen LogP contribution in [0.2, 0.25) is 0 Å². The van der Waals surface area contributed by atoms with Crippen molar-refractivity contribution >= 4 is 17.0 Å². The Morgan fingerprint density at radius 1 is 1.14 bits per heavy atom. The van der Waals surface area contributed by atoms with E-state index >= 15 is 0 Å². The highest BCUT2D eigenvalue weighted by molar-refractivity contribution is 5.83. The van der Waals surface area contributed by atoms with Crippen LogP contribution in [0.1, 0.15) is 24.6 Å². The number of benzene rings is 1. The van der Waals surface area contributed by atoms with Crippen LogP contribution in [0.25, 0.3) is 11.2 Å². The largest absolute Gasteiger partial charge is 0.394 e. The highest BCUT2D eigenvalue weighted by atomic mass is 19.1. The summed E-state index contributed by atoms with van der Waals surface area (Å²) in [5, 5.41) is 13.1. The van der Waals surface area contributed by atoms with Gasteiger partial charge in [-0.3, -0.25) is 9.47 Å². The van der Waals surface area contributed by atoms with E-state index in [-0.39, 0.29) is 24.8 Å². The van der Waals surface area contributed by atoms with Crippen molar-refractivity contribution in [2.75, 3.05) is 25.0 Å². The molecule has 0 amide bonds. The number of rotatable bonds is 6. The van der Waals surface area contributed by atoms with Crippen LogP contribution in [-0.4, -0.2) is 61.4 Å². The molecule has 2 fully saturated rings. The van der Waals surface area contributed by atoms with Crippen LogP contribution >= 0.6 is 0 Å². The zero-order chi connectivity index (χ0) is 19.8. The Morgan fingerprint density at radius 3 is 2.72 bits per heavy atom. The van der Waals surface area contributed by atoms with Gasteiger partial charge in [-0.15, -0.1) is 0 Å². The van der Waals surface area contributed by atoms with E-state index in [1.807, 2.05) is 4.57 Å². The molecule has 0 spiro atoms. The minimum absolute atomic E-state index is 0.0769. The molecule has 2 N–H and O–H groups in total. The molecule has 3 aromatic rings. The first-order chi connectivity index (χ1) is 14.2. The number of anilines is 1. The Bertz CT molecular complexity index is 990. The zero-order valence-corrected chi connectivity index (χ0v) is 15.9. The summed E-state index contributed by atoms with van der Waals surface area (Å²) in [7, 11) is 0. The molecule has 3 heterocycles. The number of nitrogens with one attached hydrogen (secondary N) is 1. The van der Waals surface area contributed by atoms with E-state index in [1.54, 1.807) is 18.5 Å². The lowest BCUT2D eigenvalue weighted by molar-refractivity contribution is -0.135. The number of ether oxygens (including phenoxy) is 1. The Balaban J connectivity index is 1.39. The highest BCUT2D eigenvalue weighted by Crippen LogP contribution is 2.29. The topological polar surface area (TPSA) is 88.3 Å². The van der Waals surface area contributed by atoms with Crippen LogP contribution < -0.4 is 5.32 Å². The average molecular weight is 398 g/mol. The lowest BCUT2D eigenvalue weighted by Crippen LogP contribution is -2.46. The molecule has 1 saturated heterocycles. The van der Waals surface area contributed by atoms with Crippen LogP contribution in [0.3, 0.4) is 0 Å². The van der Waals surface area contributed by atoms with E-state index in [0.717, 1.165) is 29.7 Å². The van der Waals surface area contributed by atoms with Crippen LogP contribution in [0.15, 0.2) is 36.9 Å². The van der Waals surface area contributed by atoms with Crippen LogP contribution in [-0.2, 0) is 11.3 Å². The minimum Gasteiger partial charge on any atom is -0.394 e. The van der Waals surface area contributed by atoms with Crippen LogP contribution in [0.5, 0.6) is 0 Å². The third-order valence-corrected chi connectivity index (χ3v) is 5.34. The van der Waals surface area contributed by atoms with Crippen molar-refractivity contribution < 1.29 is 14.2 Å². The van der Waals surface area contributed by atoms with Gasteiger partial charge in [0.05, 0.1) is 19.0 Å². The first-order valence-corrected chi connectivity index (χ1v) is 9.87. The number of aliphatic hydroxyl groups is 1. The summed E-state index contributed by atoms with van der Waals surface area (Å²) in [6.45, 7) is 1.77. The molecule has 8 nitrogen and oxygen atoms in total.